The number of rotatable bonds is 1. The average Bonchev–Trinajstić information content (AvgIpc) is 2.84. The molecule has 2 heterocycles. The molecule has 0 saturated carbocycles. The van der Waals surface area contributed by atoms with Gasteiger partial charge in [-0.1, -0.05) is 18.2 Å². The van der Waals surface area contributed by atoms with Crippen molar-refractivity contribution in [3.8, 4) is 0 Å². The van der Waals surface area contributed by atoms with Crippen LogP contribution in [-0.2, 0) is 4.79 Å². The lowest BCUT2D eigenvalue weighted by atomic mass is 10.1. The van der Waals surface area contributed by atoms with Gasteiger partial charge in [0.2, 0.25) is 0 Å². The third kappa shape index (κ3) is 1.50. The van der Waals surface area contributed by atoms with Crippen LogP contribution in [0.5, 0.6) is 0 Å². The number of carbonyl (C=O) groups is 1. The fourth-order valence-corrected chi connectivity index (χ4v) is 1.91. The van der Waals surface area contributed by atoms with E-state index in [0.29, 0.717) is 17.4 Å². The van der Waals surface area contributed by atoms with E-state index in [0.717, 1.165) is 11.3 Å². The van der Waals surface area contributed by atoms with E-state index < -0.39 is 0 Å². The van der Waals surface area contributed by atoms with Crippen molar-refractivity contribution in [3.63, 3.8) is 0 Å². The van der Waals surface area contributed by atoms with E-state index in [1.165, 1.54) is 0 Å². The Kier molecular flexibility index (Phi) is 2.22. The third-order valence-electron chi connectivity index (χ3n) is 2.80. The minimum absolute atomic E-state index is 0.205. The van der Waals surface area contributed by atoms with Gasteiger partial charge in [0.15, 0.2) is 17.4 Å². The highest BCUT2D eigenvalue weighted by atomic mass is 16.2. The monoisotopic (exact) mass is 241 g/mol. The van der Waals surface area contributed by atoms with Gasteiger partial charge in [-0.25, -0.2) is 4.68 Å². The number of carbonyl (C=O) groups excluding carboxylic acids is 1. The zero-order chi connectivity index (χ0) is 12.7. The maximum Gasteiger partial charge on any atom is 0.276 e. The first-order valence-corrected chi connectivity index (χ1v) is 5.55. The number of fused-ring (bicyclic) bond motifs is 1. The number of anilines is 1. The molecule has 1 aliphatic heterocycles. The summed E-state index contributed by atoms with van der Waals surface area (Å²) in [6.07, 6.45) is 0. The molecule has 0 fully saturated rings. The summed E-state index contributed by atoms with van der Waals surface area (Å²) >= 11 is 0. The highest BCUT2D eigenvalue weighted by molar-refractivity contribution is 6.53. The Bertz CT molecular complexity index is 651. The van der Waals surface area contributed by atoms with E-state index in [-0.39, 0.29) is 5.91 Å². The molecule has 0 atom stereocenters. The van der Waals surface area contributed by atoms with Crippen LogP contribution in [0.25, 0.3) is 0 Å². The standard InChI is InChI=1S/C12H11N5O/c1-7-14-15-8(2)17(7)16-11-9-5-3-4-6-10(9)13-12(11)18/h3-6H,1-2H3,(H,13,16,18). The van der Waals surface area contributed by atoms with Crippen LogP contribution in [0.4, 0.5) is 5.69 Å². The fraction of sp³-hybridized carbons (Fsp3) is 0.167. The SMILES string of the molecule is Cc1nnc(C)n1/N=C1\C(=O)Nc2ccccc21. The number of hydrogen-bond acceptors (Lipinski definition) is 4. The van der Waals surface area contributed by atoms with Gasteiger partial charge in [-0.05, 0) is 19.9 Å². The van der Waals surface area contributed by atoms with E-state index in [4.69, 9.17) is 0 Å². The first-order chi connectivity index (χ1) is 8.66. The summed E-state index contributed by atoms with van der Waals surface area (Å²) < 4.78 is 1.57. The molecule has 1 amide bonds. The van der Waals surface area contributed by atoms with Crippen LogP contribution in [0.15, 0.2) is 29.4 Å². The Hall–Kier alpha value is -2.50. The molecule has 18 heavy (non-hydrogen) atoms. The van der Waals surface area contributed by atoms with Gasteiger partial charge in [0.05, 0.1) is 5.69 Å². The summed E-state index contributed by atoms with van der Waals surface area (Å²) in [5.41, 5.74) is 1.97. The van der Waals surface area contributed by atoms with Crippen LogP contribution < -0.4 is 5.32 Å². The molecule has 0 spiro atoms. The summed E-state index contributed by atoms with van der Waals surface area (Å²) in [7, 11) is 0. The Morgan fingerprint density at radius 2 is 1.83 bits per heavy atom. The Morgan fingerprint density at radius 1 is 1.17 bits per heavy atom. The van der Waals surface area contributed by atoms with Crippen molar-refractivity contribution >= 4 is 17.3 Å². The molecule has 0 saturated heterocycles. The highest BCUT2D eigenvalue weighted by Crippen LogP contribution is 2.23. The first-order valence-electron chi connectivity index (χ1n) is 5.55. The van der Waals surface area contributed by atoms with Gasteiger partial charge in [-0.3, -0.25) is 4.79 Å². The van der Waals surface area contributed by atoms with Crippen molar-refractivity contribution in [1.29, 1.82) is 0 Å². The number of hydrogen-bond donors (Lipinski definition) is 1. The lowest BCUT2D eigenvalue weighted by molar-refractivity contribution is -0.110. The molecule has 90 valence electrons. The first kappa shape index (κ1) is 10.6. The number of aromatic nitrogens is 3. The van der Waals surface area contributed by atoms with E-state index in [2.05, 4.69) is 20.6 Å². The van der Waals surface area contributed by atoms with Crippen LogP contribution in [0.2, 0.25) is 0 Å². The molecule has 6 nitrogen and oxygen atoms in total. The molecule has 1 aromatic heterocycles. The molecule has 0 unspecified atom stereocenters. The molecule has 0 bridgehead atoms. The van der Waals surface area contributed by atoms with E-state index >= 15 is 0 Å². The molecular formula is C12H11N5O. The molecule has 0 radical (unpaired) electrons. The lowest BCUT2D eigenvalue weighted by Crippen LogP contribution is -2.16. The van der Waals surface area contributed by atoms with Crippen LogP contribution in [-0.4, -0.2) is 26.5 Å². The summed E-state index contributed by atoms with van der Waals surface area (Å²) in [4.78, 5) is 11.9. The summed E-state index contributed by atoms with van der Waals surface area (Å²) in [6.45, 7) is 3.59. The normalized spacial score (nSPS) is 15.9. The van der Waals surface area contributed by atoms with Gasteiger partial charge < -0.3 is 5.32 Å². The van der Waals surface area contributed by atoms with Crippen LogP contribution >= 0.6 is 0 Å². The molecule has 1 aromatic carbocycles. The predicted molar refractivity (Wildman–Crippen MR) is 66.5 cm³/mol. The van der Waals surface area contributed by atoms with Crippen molar-refractivity contribution in [2.75, 3.05) is 5.32 Å². The Labute approximate surface area is 103 Å². The van der Waals surface area contributed by atoms with Crippen molar-refractivity contribution in [3.05, 3.63) is 41.5 Å². The van der Waals surface area contributed by atoms with Gasteiger partial charge in [-0.2, -0.15) is 5.10 Å². The van der Waals surface area contributed by atoms with Crippen molar-refractivity contribution in [1.82, 2.24) is 14.9 Å². The topological polar surface area (TPSA) is 72.2 Å². The molecule has 2 aromatic rings. The molecule has 6 heteroatoms. The van der Waals surface area contributed by atoms with Crippen molar-refractivity contribution in [2.45, 2.75) is 13.8 Å². The van der Waals surface area contributed by atoms with Gasteiger partial charge in [-0.15, -0.1) is 10.2 Å². The largest absolute Gasteiger partial charge is 0.320 e. The third-order valence-corrected chi connectivity index (χ3v) is 2.80. The predicted octanol–water partition coefficient (Wildman–Crippen LogP) is 1.10. The molecule has 1 N–H and O–H groups in total. The summed E-state index contributed by atoms with van der Waals surface area (Å²) in [5, 5.41) is 14.9. The number of amides is 1. The number of nitrogens with one attached hydrogen (secondary N) is 1. The van der Waals surface area contributed by atoms with Gasteiger partial charge in [0, 0.05) is 5.56 Å². The van der Waals surface area contributed by atoms with E-state index in [9.17, 15) is 4.79 Å². The molecule has 3 rings (SSSR count). The van der Waals surface area contributed by atoms with E-state index in [1.54, 1.807) is 18.5 Å². The average molecular weight is 241 g/mol. The van der Waals surface area contributed by atoms with Gasteiger partial charge in [0.1, 0.15) is 0 Å². The summed E-state index contributed by atoms with van der Waals surface area (Å²) in [6, 6.07) is 7.46. The van der Waals surface area contributed by atoms with Gasteiger partial charge >= 0.3 is 0 Å². The Morgan fingerprint density at radius 3 is 2.56 bits per heavy atom. The maximum atomic E-state index is 11.9. The van der Waals surface area contributed by atoms with Crippen LogP contribution in [0.3, 0.4) is 0 Å². The van der Waals surface area contributed by atoms with E-state index in [1.807, 2.05) is 24.3 Å². The fourth-order valence-electron chi connectivity index (χ4n) is 1.91. The number of aryl methyl sites for hydroxylation is 2. The summed E-state index contributed by atoms with van der Waals surface area (Å²) in [5.74, 6) is 1.10. The maximum absolute atomic E-state index is 11.9. The molecule has 1 aliphatic rings. The number of para-hydroxylation sites is 1. The van der Waals surface area contributed by atoms with Crippen molar-refractivity contribution in [2.24, 2.45) is 5.10 Å². The molecular weight excluding hydrogens is 230 g/mol. The van der Waals surface area contributed by atoms with Crippen LogP contribution in [0.1, 0.15) is 17.2 Å². The van der Waals surface area contributed by atoms with Gasteiger partial charge in [0.25, 0.3) is 5.91 Å². The van der Waals surface area contributed by atoms with Crippen LogP contribution in [0, 0.1) is 13.8 Å². The second-order valence-corrected chi connectivity index (χ2v) is 4.05. The minimum Gasteiger partial charge on any atom is -0.320 e. The Balaban J connectivity index is 2.16. The zero-order valence-electron chi connectivity index (χ0n) is 10.0. The number of benzene rings is 1. The highest BCUT2D eigenvalue weighted by Gasteiger charge is 2.26. The second kappa shape index (κ2) is 3.76. The van der Waals surface area contributed by atoms with Crippen molar-refractivity contribution < 1.29 is 4.79 Å². The zero-order valence-corrected chi connectivity index (χ0v) is 10.0. The second-order valence-electron chi connectivity index (χ2n) is 4.05. The molecule has 0 aliphatic carbocycles. The smallest absolute Gasteiger partial charge is 0.276 e. The quantitative estimate of drug-likeness (QED) is 0.812. The number of nitrogens with zero attached hydrogens (tertiary/aromatic N) is 4. The minimum atomic E-state index is -0.205. The lowest BCUT2D eigenvalue weighted by Gasteiger charge is -2.00.